The van der Waals surface area contributed by atoms with E-state index in [0.29, 0.717) is 23.3 Å². The van der Waals surface area contributed by atoms with Crippen LogP contribution in [0.15, 0.2) is 29.3 Å². The summed E-state index contributed by atoms with van der Waals surface area (Å²) in [5.41, 5.74) is 6.87. The molecule has 3 N–H and O–H groups in total. The molecule has 2 rings (SSSR count). The summed E-state index contributed by atoms with van der Waals surface area (Å²) in [6, 6.07) is 7.38. The lowest BCUT2D eigenvalue weighted by Crippen LogP contribution is -2.49. The van der Waals surface area contributed by atoms with E-state index in [2.05, 4.69) is 42.7 Å². The van der Waals surface area contributed by atoms with E-state index < -0.39 is 5.91 Å². The molecular formula is C18H29IN4OS. The predicted octanol–water partition coefficient (Wildman–Crippen LogP) is 2.94. The average Bonchev–Trinajstić information content (AvgIpc) is 2.59. The lowest BCUT2D eigenvalue weighted by atomic mass is 10.1. The Balaban J connectivity index is 0.00000312. The number of aliphatic imine (C=N–C) groups is 1. The number of nitrogens with two attached hydrogens (primary N) is 1. The Morgan fingerprint density at radius 1 is 1.48 bits per heavy atom. The van der Waals surface area contributed by atoms with Crippen molar-refractivity contribution < 1.29 is 4.79 Å². The summed E-state index contributed by atoms with van der Waals surface area (Å²) >= 11 is 2.05. The second-order valence-electron chi connectivity index (χ2n) is 6.33. The Hall–Kier alpha value is -0.960. The number of rotatable bonds is 5. The zero-order valence-electron chi connectivity index (χ0n) is 15.2. The molecule has 0 bridgehead atoms. The zero-order valence-corrected chi connectivity index (χ0v) is 18.3. The zero-order chi connectivity index (χ0) is 17.5. The van der Waals surface area contributed by atoms with Gasteiger partial charge in [-0.3, -0.25) is 4.79 Å². The van der Waals surface area contributed by atoms with Gasteiger partial charge in [-0.05, 0) is 30.5 Å². The standard InChI is InChI=1S/C18H28N4OS.HI/c1-4-20-18(22-8-9-24-16(12-22)13(2)3)21-11-14-6-5-7-15(10-14)17(19)23;/h5-7,10,13,16H,4,8-9,11-12H2,1-3H3,(H2,19,23)(H,20,21);1H. The van der Waals surface area contributed by atoms with E-state index in [0.717, 1.165) is 36.9 Å². The molecule has 1 fully saturated rings. The fraction of sp³-hybridized carbons (Fsp3) is 0.556. The van der Waals surface area contributed by atoms with Crippen LogP contribution in [0, 0.1) is 5.92 Å². The molecule has 1 saturated heterocycles. The van der Waals surface area contributed by atoms with Crippen molar-refractivity contribution in [3.05, 3.63) is 35.4 Å². The van der Waals surface area contributed by atoms with Crippen molar-refractivity contribution >= 4 is 47.6 Å². The van der Waals surface area contributed by atoms with Gasteiger partial charge in [0.25, 0.3) is 0 Å². The molecule has 0 aromatic heterocycles. The maximum absolute atomic E-state index is 11.3. The molecule has 0 spiro atoms. The van der Waals surface area contributed by atoms with E-state index in [9.17, 15) is 4.79 Å². The summed E-state index contributed by atoms with van der Waals surface area (Å²) in [7, 11) is 0. The van der Waals surface area contributed by atoms with Crippen molar-refractivity contribution in [2.45, 2.75) is 32.6 Å². The smallest absolute Gasteiger partial charge is 0.248 e. The fourth-order valence-corrected chi connectivity index (χ4v) is 3.98. The van der Waals surface area contributed by atoms with Crippen LogP contribution in [0.25, 0.3) is 0 Å². The first-order valence-corrected chi connectivity index (χ1v) is 9.59. The fourth-order valence-electron chi connectivity index (χ4n) is 2.69. The van der Waals surface area contributed by atoms with Gasteiger partial charge in [0.05, 0.1) is 6.54 Å². The number of carbonyl (C=O) groups excluding carboxylic acids is 1. The van der Waals surface area contributed by atoms with Gasteiger partial charge in [-0.2, -0.15) is 11.8 Å². The van der Waals surface area contributed by atoms with Crippen LogP contribution in [0.2, 0.25) is 0 Å². The molecule has 7 heteroatoms. The molecule has 1 aliphatic rings. The summed E-state index contributed by atoms with van der Waals surface area (Å²) in [6.45, 7) is 10.1. The van der Waals surface area contributed by atoms with Gasteiger partial charge in [-0.25, -0.2) is 4.99 Å². The van der Waals surface area contributed by atoms with E-state index >= 15 is 0 Å². The van der Waals surface area contributed by atoms with E-state index in [1.807, 2.05) is 18.2 Å². The van der Waals surface area contributed by atoms with Gasteiger partial charge in [0.1, 0.15) is 0 Å². The Kier molecular flexibility index (Phi) is 9.63. The highest BCUT2D eigenvalue weighted by Gasteiger charge is 2.24. The monoisotopic (exact) mass is 476 g/mol. The summed E-state index contributed by atoms with van der Waals surface area (Å²) < 4.78 is 0. The first kappa shape index (κ1) is 22.1. The molecule has 1 aromatic carbocycles. The minimum absolute atomic E-state index is 0. The topological polar surface area (TPSA) is 70.7 Å². The maximum Gasteiger partial charge on any atom is 0.248 e. The molecule has 1 heterocycles. The molecule has 140 valence electrons. The highest BCUT2D eigenvalue weighted by molar-refractivity contribution is 14.0. The van der Waals surface area contributed by atoms with Crippen LogP contribution < -0.4 is 11.1 Å². The summed E-state index contributed by atoms with van der Waals surface area (Å²) in [5.74, 6) is 2.34. The van der Waals surface area contributed by atoms with Crippen LogP contribution in [0.3, 0.4) is 0 Å². The number of hydrogen-bond donors (Lipinski definition) is 2. The quantitative estimate of drug-likeness (QED) is 0.390. The third kappa shape index (κ3) is 6.69. The van der Waals surface area contributed by atoms with E-state index in [1.165, 1.54) is 0 Å². The van der Waals surface area contributed by atoms with Crippen LogP contribution in [-0.4, -0.2) is 47.4 Å². The van der Waals surface area contributed by atoms with Crippen molar-refractivity contribution in [1.29, 1.82) is 0 Å². The second-order valence-corrected chi connectivity index (χ2v) is 7.68. The molecule has 0 aliphatic carbocycles. The molecule has 1 atom stereocenters. The molecular weight excluding hydrogens is 447 g/mol. The average molecular weight is 476 g/mol. The van der Waals surface area contributed by atoms with Crippen LogP contribution >= 0.6 is 35.7 Å². The highest BCUT2D eigenvalue weighted by Crippen LogP contribution is 2.25. The van der Waals surface area contributed by atoms with Gasteiger partial charge in [-0.15, -0.1) is 24.0 Å². The van der Waals surface area contributed by atoms with Gasteiger partial charge < -0.3 is 16.0 Å². The summed E-state index contributed by atoms with van der Waals surface area (Å²) in [6.07, 6.45) is 0. The molecule has 1 aliphatic heterocycles. The van der Waals surface area contributed by atoms with Gasteiger partial charge in [0, 0.05) is 36.2 Å². The van der Waals surface area contributed by atoms with E-state index in [4.69, 9.17) is 10.7 Å². The van der Waals surface area contributed by atoms with E-state index in [1.54, 1.807) is 6.07 Å². The third-order valence-corrected chi connectivity index (χ3v) is 5.63. The number of carbonyl (C=O) groups is 1. The first-order chi connectivity index (χ1) is 11.5. The number of nitrogens with one attached hydrogen (secondary N) is 1. The normalized spacial score (nSPS) is 18.0. The largest absolute Gasteiger partial charge is 0.366 e. The Morgan fingerprint density at radius 3 is 2.88 bits per heavy atom. The molecule has 1 unspecified atom stereocenters. The lowest BCUT2D eigenvalue weighted by molar-refractivity contribution is 0.1000. The van der Waals surface area contributed by atoms with Crippen LogP contribution in [0.5, 0.6) is 0 Å². The number of nitrogens with zero attached hydrogens (tertiary/aromatic N) is 2. The number of thioether (sulfide) groups is 1. The Morgan fingerprint density at radius 2 is 2.24 bits per heavy atom. The number of amides is 1. The van der Waals surface area contributed by atoms with Crippen LogP contribution in [0.1, 0.15) is 36.7 Å². The minimum atomic E-state index is -0.402. The van der Waals surface area contributed by atoms with Crippen molar-refractivity contribution in [2.24, 2.45) is 16.6 Å². The molecule has 1 amide bonds. The number of hydrogen-bond acceptors (Lipinski definition) is 3. The molecule has 25 heavy (non-hydrogen) atoms. The number of guanidine groups is 1. The van der Waals surface area contributed by atoms with Gasteiger partial charge >= 0.3 is 0 Å². The van der Waals surface area contributed by atoms with Crippen molar-refractivity contribution in [3.63, 3.8) is 0 Å². The van der Waals surface area contributed by atoms with E-state index in [-0.39, 0.29) is 24.0 Å². The second kappa shape index (κ2) is 10.9. The third-order valence-electron chi connectivity index (χ3n) is 4.09. The number of benzene rings is 1. The minimum Gasteiger partial charge on any atom is -0.366 e. The highest BCUT2D eigenvalue weighted by atomic mass is 127. The Bertz CT molecular complexity index is 594. The predicted molar refractivity (Wildman–Crippen MR) is 118 cm³/mol. The van der Waals surface area contributed by atoms with Gasteiger partial charge in [0.2, 0.25) is 5.91 Å². The SMILES string of the molecule is CCNC(=NCc1cccc(C(N)=O)c1)N1CCSC(C(C)C)C1.I. The van der Waals surface area contributed by atoms with Crippen molar-refractivity contribution in [3.8, 4) is 0 Å². The Labute approximate surface area is 172 Å². The molecule has 0 saturated carbocycles. The molecule has 5 nitrogen and oxygen atoms in total. The van der Waals surface area contributed by atoms with Crippen molar-refractivity contribution in [1.82, 2.24) is 10.2 Å². The lowest BCUT2D eigenvalue weighted by Gasteiger charge is -2.36. The van der Waals surface area contributed by atoms with Crippen molar-refractivity contribution in [2.75, 3.05) is 25.4 Å². The van der Waals surface area contributed by atoms with Gasteiger partial charge in [0.15, 0.2) is 5.96 Å². The first-order valence-electron chi connectivity index (χ1n) is 8.54. The maximum atomic E-state index is 11.3. The number of halogens is 1. The number of primary amides is 1. The van der Waals surface area contributed by atoms with Crippen LogP contribution in [0.4, 0.5) is 0 Å². The summed E-state index contributed by atoms with van der Waals surface area (Å²) in [4.78, 5) is 18.4. The van der Waals surface area contributed by atoms with Gasteiger partial charge in [-0.1, -0.05) is 26.0 Å². The molecule has 1 aromatic rings. The summed E-state index contributed by atoms with van der Waals surface area (Å²) in [5, 5.41) is 4.03. The molecule has 0 radical (unpaired) electrons. The van der Waals surface area contributed by atoms with Crippen LogP contribution in [-0.2, 0) is 6.54 Å².